The molecular weight excluding hydrogens is 492 g/mol. The minimum atomic E-state index is -5.32. The molecule has 0 aromatic heterocycles. The number of ether oxygens (including phenoxy) is 1. The van der Waals surface area contributed by atoms with Gasteiger partial charge in [-0.25, -0.2) is 8.78 Å². The zero-order valence-corrected chi connectivity index (χ0v) is 20.3. The number of alkyl halides is 6. The van der Waals surface area contributed by atoms with Crippen molar-refractivity contribution < 1.29 is 39.9 Å². The van der Waals surface area contributed by atoms with E-state index in [4.69, 9.17) is 4.74 Å². The van der Waals surface area contributed by atoms with Crippen LogP contribution in [0.15, 0.2) is 24.3 Å². The molecule has 0 saturated heterocycles. The summed E-state index contributed by atoms with van der Waals surface area (Å²) in [4.78, 5) is 0. The first-order chi connectivity index (χ1) is 16.9. The molecule has 200 valence electrons. The molecule has 9 heteroatoms. The van der Waals surface area contributed by atoms with Crippen LogP contribution in [0.3, 0.4) is 0 Å². The van der Waals surface area contributed by atoms with Crippen molar-refractivity contribution in [1.29, 1.82) is 0 Å². The van der Waals surface area contributed by atoms with Gasteiger partial charge in [-0.05, 0) is 80.0 Å². The average Bonchev–Trinajstić information content (AvgIpc) is 2.80. The van der Waals surface area contributed by atoms with Gasteiger partial charge in [-0.3, -0.25) is 0 Å². The maximum absolute atomic E-state index is 14.9. The highest BCUT2D eigenvalue weighted by atomic mass is 19.4. The molecule has 0 aliphatic heterocycles. The first-order valence-corrected chi connectivity index (χ1v) is 12.3. The van der Waals surface area contributed by atoms with E-state index in [1.165, 1.54) is 19.1 Å². The SMILES string of the molecule is CCCC1CCC(c2ccc(CCc3ccc(OCC)c(C(F)(F)F)c3C(F)(F)F)c(F)c2F)CC1. The van der Waals surface area contributed by atoms with Crippen LogP contribution in [-0.4, -0.2) is 6.61 Å². The number of hydrogen-bond donors (Lipinski definition) is 0. The van der Waals surface area contributed by atoms with Gasteiger partial charge in [0.15, 0.2) is 11.6 Å². The number of rotatable bonds is 8. The third-order valence-electron chi connectivity index (χ3n) is 6.96. The summed E-state index contributed by atoms with van der Waals surface area (Å²) in [7, 11) is 0. The molecule has 0 atom stereocenters. The van der Waals surface area contributed by atoms with Gasteiger partial charge in [0.2, 0.25) is 0 Å². The molecule has 1 aliphatic rings. The van der Waals surface area contributed by atoms with Crippen LogP contribution in [0.2, 0.25) is 0 Å². The molecule has 1 nitrogen and oxygen atoms in total. The fraction of sp³-hybridized carbons (Fsp3) is 0.556. The average molecular weight is 523 g/mol. The number of benzene rings is 2. The van der Waals surface area contributed by atoms with Crippen molar-refractivity contribution in [1.82, 2.24) is 0 Å². The Labute approximate surface area is 205 Å². The topological polar surface area (TPSA) is 9.23 Å². The molecule has 2 aromatic rings. The molecular formula is C27H30F8O. The smallest absolute Gasteiger partial charge is 0.420 e. The van der Waals surface area contributed by atoms with E-state index in [2.05, 4.69) is 6.92 Å². The van der Waals surface area contributed by atoms with Crippen LogP contribution in [0.1, 0.15) is 86.1 Å². The Bertz CT molecular complexity index is 1030. The summed E-state index contributed by atoms with van der Waals surface area (Å²) >= 11 is 0. The van der Waals surface area contributed by atoms with Crippen molar-refractivity contribution in [2.75, 3.05) is 6.61 Å². The summed E-state index contributed by atoms with van der Waals surface area (Å²) in [5.74, 6) is -2.64. The zero-order valence-electron chi connectivity index (χ0n) is 20.3. The third kappa shape index (κ3) is 6.32. The summed E-state index contributed by atoms with van der Waals surface area (Å²) in [6.45, 7) is 3.21. The van der Waals surface area contributed by atoms with Crippen LogP contribution in [0, 0.1) is 17.6 Å². The van der Waals surface area contributed by atoms with Crippen LogP contribution in [0.25, 0.3) is 0 Å². The van der Waals surface area contributed by atoms with Crippen LogP contribution in [-0.2, 0) is 25.2 Å². The normalized spacial score (nSPS) is 18.9. The molecule has 0 spiro atoms. The molecule has 0 amide bonds. The zero-order chi connectivity index (χ0) is 26.7. The summed E-state index contributed by atoms with van der Waals surface area (Å²) in [5, 5.41) is 0. The minimum Gasteiger partial charge on any atom is -0.493 e. The standard InChI is InChI=1S/C27H30F8O/c1-3-5-16-6-8-17(9-7-16)20-14-12-19(24(28)25(20)29)11-10-18-13-15-21(36-4-2)23(27(33,34)35)22(18)26(30,31)32/h12-17H,3-11H2,1-2H3. The third-order valence-corrected chi connectivity index (χ3v) is 6.96. The molecule has 1 saturated carbocycles. The fourth-order valence-electron chi connectivity index (χ4n) is 5.27. The molecule has 0 radical (unpaired) electrons. The van der Waals surface area contributed by atoms with E-state index in [0.717, 1.165) is 50.7 Å². The highest BCUT2D eigenvalue weighted by Gasteiger charge is 2.47. The van der Waals surface area contributed by atoms with Gasteiger partial charge in [-0.1, -0.05) is 38.0 Å². The highest BCUT2D eigenvalue weighted by Crippen LogP contribution is 2.47. The predicted octanol–water partition coefficient (Wildman–Crippen LogP) is 9.26. The maximum atomic E-state index is 14.9. The van der Waals surface area contributed by atoms with Crippen molar-refractivity contribution >= 4 is 0 Å². The van der Waals surface area contributed by atoms with E-state index in [0.29, 0.717) is 5.92 Å². The summed E-state index contributed by atoms with van der Waals surface area (Å²) in [6, 6.07) is 4.53. The van der Waals surface area contributed by atoms with E-state index in [1.54, 1.807) is 0 Å². The van der Waals surface area contributed by atoms with Gasteiger partial charge in [0.25, 0.3) is 0 Å². The predicted molar refractivity (Wildman–Crippen MR) is 121 cm³/mol. The van der Waals surface area contributed by atoms with E-state index >= 15 is 0 Å². The second-order valence-electron chi connectivity index (χ2n) is 9.35. The Balaban J connectivity index is 1.87. The molecule has 0 N–H and O–H groups in total. The van der Waals surface area contributed by atoms with Crippen molar-refractivity contribution in [3.63, 3.8) is 0 Å². The quantitative estimate of drug-likeness (QED) is 0.314. The Morgan fingerprint density at radius 1 is 0.750 bits per heavy atom. The largest absolute Gasteiger partial charge is 0.493 e. The van der Waals surface area contributed by atoms with Crippen LogP contribution in [0.5, 0.6) is 5.75 Å². The van der Waals surface area contributed by atoms with Gasteiger partial charge in [-0.2, -0.15) is 26.3 Å². The Morgan fingerprint density at radius 3 is 1.89 bits per heavy atom. The summed E-state index contributed by atoms with van der Waals surface area (Å²) < 4.78 is 117. The van der Waals surface area contributed by atoms with E-state index in [-0.39, 0.29) is 30.1 Å². The van der Waals surface area contributed by atoms with Crippen LogP contribution in [0.4, 0.5) is 35.1 Å². The molecule has 0 heterocycles. The molecule has 0 bridgehead atoms. The second kappa shape index (κ2) is 11.4. The van der Waals surface area contributed by atoms with Crippen molar-refractivity contribution in [2.24, 2.45) is 5.92 Å². The molecule has 36 heavy (non-hydrogen) atoms. The molecule has 1 aliphatic carbocycles. The van der Waals surface area contributed by atoms with Gasteiger partial charge in [0.05, 0.1) is 12.2 Å². The van der Waals surface area contributed by atoms with Gasteiger partial charge in [-0.15, -0.1) is 0 Å². The molecule has 2 aromatic carbocycles. The summed E-state index contributed by atoms with van der Waals surface area (Å²) in [5.41, 5.74) is -4.34. The number of hydrogen-bond acceptors (Lipinski definition) is 1. The lowest BCUT2D eigenvalue weighted by Crippen LogP contribution is -2.21. The lowest BCUT2D eigenvalue weighted by atomic mass is 9.77. The van der Waals surface area contributed by atoms with Gasteiger partial charge in [0, 0.05) is 0 Å². The van der Waals surface area contributed by atoms with E-state index < -0.39 is 52.8 Å². The Kier molecular flexibility index (Phi) is 8.93. The maximum Gasteiger partial charge on any atom is 0.420 e. The second-order valence-corrected chi connectivity index (χ2v) is 9.35. The van der Waals surface area contributed by atoms with Crippen molar-refractivity contribution in [2.45, 2.75) is 83.5 Å². The number of halogens is 8. The lowest BCUT2D eigenvalue weighted by molar-refractivity contribution is -0.163. The highest BCUT2D eigenvalue weighted by molar-refractivity contribution is 5.49. The van der Waals surface area contributed by atoms with E-state index in [1.807, 2.05) is 0 Å². The van der Waals surface area contributed by atoms with E-state index in [9.17, 15) is 35.1 Å². The van der Waals surface area contributed by atoms with Gasteiger partial charge >= 0.3 is 12.4 Å². The lowest BCUT2D eigenvalue weighted by Gasteiger charge is -2.29. The molecule has 0 unspecified atom stereocenters. The van der Waals surface area contributed by atoms with Crippen LogP contribution < -0.4 is 4.74 Å². The fourth-order valence-corrected chi connectivity index (χ4v) is 5.27. The first kappa shape index (κ1) is 28.3. The van der Waals surface area contributed by atoms with Gasteiger partial charge in [0.1, 0.15) is 11.3 Å². The monoisotopic (exact) mass is 522 g/mol. The molecule has 1 fully saturated rings. The molecule has 3 rings (SSSR count). The van der Waals surface area contributed by atoms with Crippen LogP contribution >= 0.6 is 0 Å². The first-order valence-electron chi connectivity index (χ1n) is 12.3. The van der Waals surface area contributed by atoms with Crippen molar-refractivity contribution in [3.05, 3.63) is 63.7 Å². The summed E-state index contributed by atoms with van der Waals surface area (Å²) in [6.07, 6.45) is -6.07. The minimum absolute atomic E-state index is 0.126. The van der Waals surface area contributed by atoms with Crippen molar-refractivity contribution in [3.8, 4) is 5.75 Å². The number of aryl methyl sites for hydroxylation is 2. The Morgan fingerprint density at radius 2 is 1.33 bits per heavy atom. The Hall–Kier alpha value is -2.32. The van der Waals surface area contributed by atoms with Gasteiger partial charge < -0.3 is 4.74 Å².